The third-order valence-corrected chi connectivity index (χ3v) is 2.87. The molecule has 0 amide bonds. The number of fused-ring (bicyclic) bond motifs is 1. The molecule has 2 rings (SSSR count). The maximum Gasteiger partial charge on any atom is 0.350 e. The fourth-order valence-corrected chi connectivity index (χ4v) is 1.90. The van der Waals surface area contributed by atoms with Crippen molar-refractivity contribution < 1.29 is 24.2 Å². The van der Waals surface area contributed by atoms with E-state index < -0.39 is 26.7 Å². The van der Waals surface area contributed by atoms with Crippen LogP contribution in [0.1, 0.15) is 0 Å². The lowest BCUT2D eigenvalue weighted by atomic mass is 10.4. The van der Waals surface area contributed by atoms with Gasteiger partial charge in [-0.05, 0) is 0 Å². The fourth-order valence-electron chi connectivity index (χ4n) is 1.49. The molecule has 0 aromatic carbocycles. The van der Waals surface area contributed by atoms with Crippen molar-refractivity contribution in [1.29, 1.82) is 0 Å². The highest BCUT2D eigenvalue weighted by Crippen LogP contribution is 2.34. The quantitative estimate of drug-likeness (QED) is 0.452. The minimum Gasteiger partial charge on any atom is -0.394 e. The average molecular weight is 304 g/mol. The van der Waals surface area contributed by atoms with Gasteiger partial charge in [-0.1, -0.05) is 5.21 Å². The zero-order valence-corrected chi connectivity index (χ0v) is 11.1. The Morgan fingerprint density at radius 1 is 1.45 bits per heavy atom. The molecule has 0 unspecified atom stereocenters. The van der Waals surface area contributed by atoms with Gasteiger partial charge >= 0.3 is 7.60 Å². The van der Waals surface area contributed by atoms with E-state index in [4.69, 9.17) is 25.4 Å². The standard InChI is InChI=1S/C8H13N6O5P/c9-7-6-8(11-3-10-7)14(13-12-6)1-5(2-15)19-4-20(16,17)18/h3,5,15H,1-2,4H2,(H2,9,10,11)(H2,16,17,18)/t5-/m0/s1. The van der Waals surface area contributed by atoms with Crippen molar-refractivity contribution in [2.24, 2.45) is 0 Å². The van der Waals surface area contributed by atoms with Gasteiger partial charge in [0.1, 0.15) is 18.8 Å². The molecule has 20 heavy (non-hydrogen) atoms. The van der Waals surface area contributed by atoms with Crippen LogP contribution in [0.2, 0.25) is 0 Å². The van der Waals surface area contributed by atoms with Crippen molar-refractivity contribution in [2.45, 2.75) is 12.6 Å². The van der Waals surface area contributed by atoms with Crippen LogP contribution in [0.5, 0.6) is 0 Å². The van der Waals surface area contributed by atoms with Crippen LogP contribution in [0, 0.1) is 0 Å². The smallest absolute Gasteiger partial charge is 0.350 e. The molecule has 12 heteroatoms. The van der Waals surface area contributed by atoms with Crippen LogP contribution in [-0.2, 0) is 15.8 Å². The number of nitrogen functional groups attached to an aromatic ring is 1. The van der Waals surface area contributed by atoms with Gasteiger partial charge < -0.3 is 25.4 Å². The van der Waals surface area contributed by atoms with E-state index in [2.05, 4.69) is 20.3 Å². The van der Waals surface area contributed by atoms with E-state index in [9.17, 15) is 4.57 Å². The van der Waals surface area contributed by atoms with Crippen molar-refractivity contribution in [3.05, 3.63) is 6.33 Å². The lowest BCUT2D eigenvalue weighted by Gasteiger charge is -2.15. The molecule has 0 aliphatic heterocycles. The van der Waals surface area contributed by atoms with E-state index >= 15 is 0 Å². The highest BCUT2D eigenvalue weighted by molar-refractivity contribution is 7.51. The van der Waals surface area contributed by atoms with E-state index in [0.717, 1.165) is 0 Å². The first kappa shape index (κ1) is 14.8. The Morgan fingerprint density at radius 3 is 2.85 bits per heavy atom. The topological polar surface area (TPSA) is 169 Å². The van der Waals surface area contributed by atoms with Crippen LogP contribution >= 0.6 is 7.60 Å². The molecule has 0 saturated heterocycles. The third-order valence-electron chi connectivity index (χ3n) is 2.39. The van der Waals surface area contributed by atoms with Gasteiger partial charge in [-0.2, -0.15) is 0 Å². The van der Waals surface area contributed by atoms with Gasteiger partial charge in [-0.25, -0.2) is 14.6 Å². The zero-order valence-electron chi connectivity index (χ0n) is 10.2. The van der Waals surface area contributed by atoms with Gasteiger partial charge in [0.05, 0.1) is 13.2 Å². The summed E-state index contributed by atoms with van der Waals surface area (Å²) in [5, 5.41) is 16.7. The van der Waals surface area contributed by atoms with E-state index in [0.29, 0.717) is 11.2 Å². The molecule has 1 atom stereocenters. The van der Waals surface area contributed by atoms with Crippen molar-refractivity contribution in [1.82, 2.24) is 25.0 Å². The van der Waals surface area contributed by atoms with E-state index in [-0.39, 0.29) is 12.4 Å². The Kier molecular flexibility index (Phi) is 4.26. The summed E-state index contributed by atoms with van der Waals surface area (Å²) in [5.74, 6) is 0.165. The molecule has 0 fully saturated rings. The number of aromatic nitrogens is 5. The summed E-state index contributed by atoms with van der Waals surface area (Å²) in [5.41, 5.74) is 6.25. The van der Waals surface area contributed by atoms with Gasteiger partial charge in [0.2, 0.25) is 0 Å². The van der Waals surface area contributed by atoms with Gasteiger partial charge in [0, 0.05) is 0 Å². The molecule has 0 aliphatic carbocycles. The number of rotatable bonds is 6. The highest BCUT2D eigenvalue weighted by Gasteiger charge is 2.19. The molecule has 0 aliphatic rings. The third kappa shape index (κ3) is 3.46. The summed E-state index contributed by atoms with van der Waals surface area (Å²) in [6.07, 6.45) is -0.409. The van der Waals surface area contributed by atoms with Crippen molar-refractivity contribution >= 4 is 24.6 Å². The van der Waals surface area contributed by atoms with Gasteiger partial charge in [0.15, 0.2) is 17.0 Å². The summed E-state index contributed by atoms with van der Waals surface area (Å²) in [7, 11) is -4.30. The number of nitrogens with two attached hydrogens (primary N) is 1. The number of aliphatic hydroxyl groups is 1. The van der Waals surface area contributed by atoms with Gasteiger partial charge in [0.25, 0.3) is 0 Å². The number of hydrogen-bond acceptors (Lipinski definition) is 8. The molecule has 0 spiro atoms. The van der Waals surface area contributed by atoms with Crippen LogP contribution in [0.3, 0.4) is 0 Å². The number of anilines is 1. The lowest BCUT2D eigenvalue weighted by molar-refractivity contribution is 0.0179. The summed E-state index contributed by atoms with van der Waals surface area (Å²) in [6, 6.07) is 0. The van der Waals surface area contributed by atoms with Crippen LogP contribution in [0.4, 0.5) is 5.82 Å². The largest absolute Gasteiger partial charge is 0.394 e. The highest BCUT2D eigenvalue weighted by atomic mass is 31.2. The molecule has 2 aromatic rings. The second kappa shape index (κ2) is 5.77. The molecule has 2 heterocycles. The Morgan fingerprint density at radius 2 is 2.20 bits per heavy atom. The van der Waals surface area contributed by atoms with Crippen LogP contribution in [0.15, 0.2) is 6.33 Å². The van der Waals surface area contributed by atoms with Gasteiger partial charge in [-0.15, -0.1) is 5.10 Å². The first-order valence-corrected chi connectivity index (χ1v) is 7.27. The maximum atomic E-state index is 10.7. The Hall–Kier alpha value is -1.65. The molecular formula is C8H13N6O5P. The fraction of sp³-hybridized carbons (Fsp3) is 0.500. The Labute approximate surface area is 112 Å². The summed E-state index contributed by atoms with van der Waals surface area (Å²) < 4.78 is 17.0. The number of nitrogens with zero attached hydrogens (tertiary/aromatic N) is 5. The Balaban J connectivity index is 2.14. The van der Waals surface area contributed by atoms with Crippen LogP contribution in [-0.4, -0.2) is 58.9 Å². The molecule has 5 N–H and O–H groups in total. The summed E-state index contributed by atoms with van der Waals surface area (Å²) in [6.45, 7) is -0.425. The molecule has 0 bridgehead atoms. The van der Waals surface area contributed by atoms with E-state index in [1.807, 2.05) is 0 Å². The number of hydrogen-bond donors (Lipinski definition) is 4. The molecule has 11 nitrogen and oxygen atoms in total. The van der Waals surface area contributed by atoms with Crippen LogP contribution < -0.4 is 5.73 Å². The lowest BCUT2D eigenvalue weighted by Crippen LogP contribution is -2.25. The summed E-state index contributed by atoms with van der Waals surface area (Å²) >= 11 is 0. The predicted octanol–water partition coefficient (Wildman–Crippen LogP) is -1.68. The molecule has 110 valence electrons. The number of aliphatic hydroxyl groups excluding tert-OH is 1. The van der Waals surface area contributed by atoms with Crippen molar-refractivity contribution in [2.75, 3.05) is 18.7 Å². The minimum absolute atomic E-state index is 0.0173. The van der Waals surface area contributed by atoms with Crippen molar-refractivity contribution in [3.8, 4) is 0 Å². The van der Waals surface area contributed by atoms with Crippen molar-refractivity contribution in [3.63, 3.8) is 0 Å². The second-order valence-electron chi connectivity index (χ2n) is 3.97. The molecule has 0 saturated carbocycles. The predicted molar refractivity (Wildman–Crippen MR) is 66.4 cm³/mol. The maximum absolute atomic E-state index is 10.7. The van der Waals surface area contributed by atoms with Gasteiger partial charge in [-0.3, -0.25) is 4.57 Å². The monoisotopic (exact) mass is 304 g/mol. The molecule has 2 aromatic heterocycles. The number of ether oxygens (including phenoxy) is 1. The normalized spacial score (nSPS) is 13.8. The van der Waals surface area contributed by atoms with Crippen LogP contribution in [0.25, 0.3) is 11.2 Å². The van der Waals surface area contributed by atoms with E-state index in [1.165, 1.54) is 11.0 Å². The molecular weight excluding hydrogens is 291 g/mol. The average Bonchev–Trinajstić information content (AvgIpc) is 2.78. The zero-order chi connectivity index (χ0) is 14.8. The minimum atomic E-state index is -4.30. The molecule has 0 radical (unpaired) electrons. The Bertz CT molecular complexity index is 641. The first-order chi connectivity index (χ1) is 9.40. The summed E-state index contributed by atoms with van der Waals surface area (Å²) in [4.78, 5) is 25.2. The van der Waals surface area contributed by atoms with E-state index in [1.54, 1.807) is 0 Å². The SMILES string of the molecule is Nc1ncnc2c1nnn2C[C@@H](CO)OCP(=O)(O)O. The second-order valence-corrected chi connectivity index (χ2v) is 5.56. The first-order valence-electron chi connectivity index (χ1n) is 5.47.